The Hall–Kier alpha value is -2.48. The standard InChI is InChI=1S/C24H31N2O6P/c1-30-21-9-5-8-19(17-21)7-3-2-4-15-31-23-12-11-20(24-22(23)10-6-13-26-24)18-25-14-16-32-33(27,28)29/h5-6,8-13,17,25H,2-4,7,14-16,18H2,1H3,(H2,27,28,29). The van der Waals surface area contributed by atoms with Gasteiger partial charge >= 0.3 is 7.82 Å². The first-order valence-corrected chi connectivity index (χ1v) is 12.5. The lowest BCUT2D eigenvalue weighted by molar-refractivity contribution is 0.197. The van der Waals surface area contributed by atoms with Crippen LogP contribution in [0.5, 0.6) is 11.5 Å². The smallest absolute Gasteiger partial charge is 0.469 e. The number of aryl methyl sites for hydroxylation is 1. The van der Waals surface area contributed by atoms with E-state index in [4.69, 9.17) is 19.3 Å². The summed E-state index contributed by atoms with van der Waals surface area (Å²) in [6.07, 6.45) is 5.89. The van der Waals surface area contributed by atoms with E-state index < -0.39 is 7.82 Å². The third kappa shape index (κ3) is 8.42. The Balaban J connectivity index is 1.45. The molecule has 178 valence electrons. The van der Waals surface area contributed by atoms with Crippen LogP contribution in [0.4, 0.5) is 0 Å². The van der Waals surface area contributed by atoms with Gasteiger partial charge in [-0.3, -0.25) is 9.51 Å². The number of aromatic nitrogens is 1. The molecule has 3 rings (SSSR count). The quantitative estimate of drug-likeness (QED) is 0.235. The van der Waals surface area contributed by atoms with Crippen molar-refractivity contribution < 1.29 is 28.3 Å². The fourth-order valence-electron chi connectivity index (χ4n) is 3.55. The van der Waals surface area contributed by atoms with Gasteiger partial charge in [0.25, 0.3) is 0 Å². The number of nitrogens with zero attached hydrogens (tertiary/aromatic N) is 1. The number of fused-ring (bicyclic) bond motifs is 1. The Morgan fingerprint density at radius 1 is 1.03 bits per heavy atom. The number of benzene rings is 2. The molecule has 0 spiro atoms. The molecule has 0 bridgehead atoms. The lowest BCUT2D eigenvalue weighted by Gasteiger charge is -2.13. The van der Waals surface area contributed by atoms with Crippen molar-refractivity contribution in [1.29, 1.82) is 0 Å². The van der Waals surface area contributed by atoms with Crippen LogP contribution in [0.3, 0.4) is 0 Å². The topological polar surface area (TPSA) is 110 Å². The third-order valence-electron chi connectivity index (χ3n) is 5.17. The molecule has 3 N–H and O–H groups in total. The lowest BCUT2D eigenvalue weighted by Crippen LogP contribution is -2.19. The van der Waals surface area contributed by atoms with Crippen LogP contribution in [0.2, 0.25) is 0 Å². The Morgan fingerprint density at radius 2 is 1.91 bits per heavy atom. The average molecular weight is 474 g/mol. The summed E-state index contributed by atoms with van der Waals surface area (Å²) in [6, 6.07) is 16.0. The molecular formula is C24H31N2O6P. The highest BCUT2D eigenvalue weighted by Gasteiger charge is 2.13. The summed E-state index contributed by atoms with van der Waals surface area (Å²) < 4.78 is 26.5. The number of hydrogen-bond acceptors (Lipinski definition) is 6. The summed E-state index contributed by atoms with van der Waals surface area (Å²) in [5.74, 6) is 1.70. The first kappa shape index (κ1) is 25.1. The Labute approximate surface area is 194 Å². The van der Waals surface area contributed by atoms with E-state index in [0.717, 1.165) is 53.6 Å². The first-order valence-electron chi connectivity index (χ1n) is 11.0. The summed E-state index contributed by atoms with van der Waals surface area (Å²) in [6.45, 7) is 1.38. The maximum absolute atomic E-state index is 10.7. The highest BCUT2D eigenvalue weighted by Crippen LogP contribution is 2.35. The normalized spacial score (nSPS) is 11.6. The number of phosphoric ester groups is 1. The van der Waals surface area contributed by atoms with Gasteiger partial charge in [0, 0.05) is 24.7 Å². The fourth-order valence-corrected chi connectivity index (χ4v) is 3.88. The van der Waals surface area contributed by atoms with E-state index in [1.807, 2.05) is 36.4 Å². The van der Waals surface area contributed by atoms with Gasteiger partial charge in [0.15, 0.2) is 0 Å². The highest BCUT2D eigenvalue weighted by molar-refractivity contribution is 7.46. The number of phosphoric acid groups is 1. The highest BCUT2D eigenvalue weighted by atomic mass is 31.2. The minimum absolute atomic E-state index is 0.0748. The van der Waals surface area contributed by atoms with Gasteiger partial charge in [0.1, 0.15) is 11.5 Å². The van der Waals surface area contributed by atoms with E-state index in [9.17, 15) is 4.57 Å². The molecule has 0 saturated carbocycles. The molecule has 0 amide bonds. The van der Waals surface area contributed by atoms with Crippen molar-refractivity contribution in [3.8, 4) is 11.5 Å². The Morgan fingerprint density at radius 3 is 2.73 bits per heavy atom. The average Bonchev–Trinajstić information content (AvgIpc) is 2.81. The molecule has 3 aromatic rings. The van der Waals surface area contributed by atoms with Gasteiger partial charge in [-0.1, -0.05) is 18.2 Å². The number of nitrogens with one attached hydrogen (secondary N) is 1. The van der Waals surface area contributed by atoms with Crippen LogP contribution in [0, 0.1) is 0 Å². The van der Waals surface area contributed by atoms with Crippen molar-refractivity contribution in [1.82, 2.24) is 10.3 Å². The summed E-state index contributed by atoms with van der Waals surface area (Å²) in [5, 5.41) is 4.06. The van der Waals surface area contributed by atoms with Gasteiger partial charge in [-0.05, 0) is 67.1 Å². The molecule has 0 saturated heterocycles. The second kappa shape index (κ2) is 12.7. The zero-order valence-electron chi connectivity index (χ0n) is 18.8. The van der Waals surface area contributed by atoms with Crippen molar-refractivity contribution in [3.05, 3.63) is 65.9 Å². The molecule has 1 aromatic heterocycles. The molecule has 8 nitrogen and oxygen atoms in total. The summed E-state index contributed by atoms with van der Waals surface area (Å²) in [7, 11) is -2.75. The zero-order chi connectivity index (χ0) is 23.5. The minimum atomic E-state index is -4.44. The molecule has 0 aliphatic rings. The van der Waals surface area contributed by atoms with Gasteiger partial charge < -0.3 is 24.6 Å². The van der Waals surface area contributed by atoms with E-state index in [1.54, 1.807) is 13.3 Å². The van der Waals surface area contributed by atoms with Crippen LogP contribution >= 0.6 is 7.82 Å². The van der Waals surface area contributed by atoms with Crippen LogP contribution in [0.15, 0.2) is 54.7 Å². The molecule has 0 aliphatic heterocycles. The second-order valence-electron chi connectivity index (χ2n) is 7.63. The molecule has 1 heterocycles. The number of methoxy groups -OCH3 is 1. The molecule has 9 heteroatoms. The van der Waals surface area contributed by atoms with Crippen molar-refractivity contribution >= 4 is 18.7 Å². The predicted octanol–water partition coefficient (Wildman–Crippen LogP) is 4.23. The first-order chi connectivity index (χ1) is 16.0. The van der Waals surface area contributed by atoms with Crippen LogP contribution in [0.25, 0.3) is 10.9 Å². The molecule has 0 atom stereocenters. The molecule has 0 fully saturated rings. The van der Waals surface area contributed by atoms with Gasteiger partial charge in [0.2, 0.25) is 0 Å². The molecule has 0 aliphatic carbocycles. The van der Waals surface area contributed by atoms with Gasteiger partial charge in [-0.2, -0.15) is 0 Å². The third-order valence-corrected chi connectivity index (χ3v) is 5.69. The number of unbranched alkanes of at least 4 members (excludes halogenated alkanes) is 2. The van der Waals surface area contributed by atoms with Crippen molar-refractivity contribution in [2.24, 2.45) is 0 Å². The minimum Gasteiger partial charge on any atom is -0.497 e. The molecule has 0 radical (unpaired) electrons. The van der Waals surface area contributed by atoms with Crippen LogP contribution < -0.4 is 14.8 Å². The molecule has 33 heavy (non-hydrogen) atoms. The summed E-state index contributed by atoms with van der Waals surface area (Å²) in [5.41, 5.74) is 3.11. The number of pyridine rings is 1. The Kier molecular flexibility index (Phi) is 9.66. The van der Waals surface area contributed by atoms with Crippen molar-refractivity contribution in [3.63, 3.8) is 0 Å². The SMILES string of the molecule is COc1cccc(CCCCCOc2ccc(CNCCOP(=O)(O)O)c3ncccc23)c1. The molecule has 0 unspecified atom stereocenters. The summed E-state index contributed by atoms with van der Waals surface area (Å²) >= 11 is 0. The second-order valence-corrected chi connectivity index (χ2v) is 8.87. The Bertz CT molecular complexity index is 1070. The van der Waals surface area contributed by atoms with E-state index in [1.165, 1.54) is 5.56 Å². The van der Waals surface area contributed by atoms with Crippen molar-refractivity contribution in [2.45, 2.75) is 32.2 Å². The van der Waals surface area contributed by atoms with Crippen molar-refractivity contribution in [2.75, 3.05) is 26.9 Å². The van der Waals surface area contributed by atoms with E-state index in [-0.39, 0.29) is 6.61 Å². The maximum Gasteiger partial charge on any atom is 0.469 e. The van der Waals surface area contributed by atoms with E-state index in [0.29, 0.717) is 19.7 Å². The zero-order valence-corrected chi connectivity index (χ0v) is 19.7. The lowest BCUT2D eigenvalue weighted by atomic mass is 10.1. The van der Waals surface area contributed by atoms with Gasteiger partial charge in [-0.25, -0.2) is 4.57 Å². The van der Waals surface area contributed by atoms with Gasteiger partial charge in [-0.15, -0.1) is 0 Å². The molecule has 2 aromatic carbocycles. The number of ether oxygens (including phenoxy) is 2. The summed E-state index contributed by atoms with van der Waals surface area (Å²) in [4.78, 5) is 22.0. The van der Waals surface area contributed by atoms with Crippen LogP contribution in [0.1, 0.15) is 30.4 Å². The molecular weight excluding hydrogens is 443 g/mol. The predicted molar refractivity (Wildman–Crippen MR) is 127 cm³/mol. The fraction of sp³-hybridized carbons (Fsp3) is 0.375. The van der Waals surface area contributed by atoms with E-state index >= 15 is 0 Å². The largest absolute Gasteiger partial charge is 0.497 e. The van der Waals surface area contributed by atoms with Crippen LogP contribution in [-0.2, 0) is 22.1 Å². The maximum atomic E-state index is 10.7. The monoisotopic (exact) mass is 474 g/mol. The van der Waals surface area contributed by atoms with Crippen LogP contribution in [-0.4, -0.2) is 41.6 Å². The van der Waals surface area contributed by atoms with Gasteiger partial charge in [0.05, 0.1) is 25.8 Å². The number of hydrogen-bond donors (Lipinski definition) is 3. The number of rotatable bonds is 14. The van der Waals surface area contributed by atoms with E-state index in [2.05, 4.69) is 27.0 Å².